The summed E-state index contributed by atoms with van der Waals surface area (Å²) in [5.74, 6) is 0.326. The fourth-order valence-corrected chi connectivity index (χ4v) is 3.13. The van der Waals surface area contributed by atoms with Crippen LogP contribution < -0.4 is 15.2 Å². The maximum Gasteiger partial charge on any atom is 0.258 e. The van der Waals surface area contributed by atoms with Crippen molar-refractivity contribution in [1.29, 1.82) is 0 Å². The highest BCUT2D eigenvalue weighted by Gasteiger charge is 2.08. The number of aryl methyl sites for hydroxylation is 1. The van der Waals surface area contributed by atoms with E-state index in [0.717, 1.165) is 16.5 Å². The van der Waals surface area contributed by atoms with Crippen molar-refractivity contribution in [3.05, 3.63) is 58.1 Å². The Balaban J connectivity index is 1.85. The van der Waals surface area contributed by atoms with Crippen LogP contribution in [0, 0.1) is 0 Å². The first-order chi connectivity index (χ1) is 11.8. The summed E-state index contributed by atoms with van der Waals surface area (Å²) in [6.45, 7) is 2.22. The van der Waals surface area contributed by atoms with Gasteiger partial charge in [-0.15, -0.1) is 0 Å². The monoisotopic (exact) mass is 426 g/mol. The minimum atomic E-state index is -3.71. The predicted octanol–water partition coefficient (Wildman–Crippen LogP) is 2.35. The fraction of sp³-hybridized carbons (Fsp3) is 0.235. The average molecular weight is 427 g/mol. The first kappa shape index (κ1) is 19.4. The van der Waals surface area contributed by atoms with Crippen molar-refractivity contribution in [2.45, 2.75) is 24.8 Å². The molecule has 0 heterocycles. The standard InChI is InChI=1S/C17H19BrN2O4S/c1-2-12-5-8-16(15(18)9-12)24-11-17(21)20-10-13-3-6-14(7-4-13)25(19,22)23/h3-9H,2,10-11H2,1H3,(H,20,21)(H2,19,22,23). The molecule has 0 saturated heterocycles. The van der Waals surface area contributed by atoms with Crippen molar-refractivity contribution in [1.82, 2.24) is 5.32 Å². The first-order valence-corrected chi connectivity index (χ1v) is 9.93. The van der Waals surface area contributed by atoms with Gasteiger partial charge in [-0.3, -0.25) is 4.79 Å². The Hall–Kier alpha value is -1.90. The Morgan fingerprint density at radius 3 is 2.36 bits per heavy atom. The van der Waals surface area contributed by atoms with E-state index >= 15 is 0 Å². The van der Waals surface area contributed by atoms with E-state index in [4.69, 9.17) is 9.88 Å². The number of hydrogen-bond acceptors (Lipinski definition) is 4. The average Bonchev–Trinajstić information content (AvgIpc) is 2.58. The molecule has 1 amide bonds. The molecule has 0 fully saturated rings. The first-order valence-electron chi connectivity index (χ1n) is 7.59. The van der Waals surface area contributed by atoms with Gasteiger partial charge in [-0.1, -0.05) is 25.1 Å². The number of sulfonamides is 1. The van der Waals surface area contributed by atoms with E-state index in [2.05, 4.69) is 28.2 Å². The largest absolute Gasteiger partial charge is 0.483 e. The number of nitrogens with two attached hydrogens (primary N) is 1. The van der Waals surface area contributed by atoms with Gasteiger partial charge in [-0.25, -0.2) is 13.6 Å². The van der Waals surface area contributed by atoms with Gasteiger partial charge in [0.25, 0.3) is 5.91 Å². The maximum atomic E-state index is 11.9. The molecule has 0 unspecified atom stereocenters. The number of rotatable bonds is 7. The van der Waals surface area contributed by atoms with Crippen molar-refractivity contribution in [2.24, 2.45) is 5.14 Å². The molecule has 0 aliphatic rings. The Morgan fingerprint density at radius 2 is 1.80 bits per heavy atom. The Labute approximate surface area is 155 Å². The summed E-state index contributed by atoms with van der Waals surface area (Å²) in [6.07, 6.45) is 0.920. The van der Waals surface area contributed by atoms with Crippen LogP contribution in [-0.2, 0) is 27.8 Å². The molecule has 2 aromatic carbocycles. The number of carbonyl (C=O) groups excluding carboxylic acids is 1. The Bertz CT molecular complexity index is 851. The van der Waals surface area contributed by atoms with E-state index < -0.39 is 10.0 Å². The number of primary sulfonamides is 1. The van der Waals surface area contributed by atoms with Crippen LogP contribution in [0.1, 0.15) is 18.1 Å². The third kappa shape index (κ3) is 5.84. The van der Waals surface area contributed by atoms with E-state index in [1.54, 1.807) is 12.1 Å². The van der Waals surface area contributed by atoms with Gasteiger partial charge in [0.05, 0.1) is 9.37 Å². The van der Waals surface area contributed by atoms with Crippen molar-refractivity contribution in [3.8, 4) is 5.75 Å². The zero-order valence-corrected chi connectivity index (χ0v) is 16.1. The Kier molecular flexibility index (Phi) is 6.57. The van der Waals surface area contributed by atoms with Crippen LogP contribution in [-0.4, -0.2) is 20.9 Å². The molecule has 3 N–H and O–H groups in total. The molecule has 0 spiro atoms. The zero-order chi connectivity index (χ0) is 18.4. The highest BCUT2D eigenvalue weighted by atomic mass is 79.9. The molecule has 0 aliphatic heterocycles. The van der Waals surface area contributed by atoms with Crippen LogP contribution in [0.25, 0.3) is 0 Å². The molecule has 0 atom stereocenters. The van der Waals surface area contributed by atoms with Gasteiger partial charge in [-0.2, -0.15) is 0 Å². The van der Waals surface area contributed by atoms with Gasteiger partial charge in [0.2, 0.25) is 10.0 Å². The molecule has 25 heavy (non-hydrogen) atoms. The van der Waals surface area contributed by atoms with Crippen LogP contribution in [0.4, 0.5) is 0 Å². The third-order valence-corrected chi connectivity index (χ3v) is 5.05. The summed E-state index contributed by atoms with van der Waals surface area (Å²) in [6, 6.07) is 11.7. The van der Waals surface area contributed by atoms with Crippen LogP contribution >= 0.6 is 15.9 Å². The predicted molar refractivity (Wildman–Crippen MR) is 98.7 cm³/mol. The second-order valence-corrected chi connectivity index (χ2v) is 7.79. The molecule has 0 aromatic heterocycles. The summed E-state index contributed by atoms with van der Waals surface area (Å²) in [5.41, 5.74) is 1.93. The van der Waals surface area contributed by atoms with Gasteiger partial charge in [-0.05, 0) is 57.7 Å². The second kappa shape index (κ2) is 8.46. The number of halogens is 1. The van der Waals surface area contributed by atoms with E-state index in [9.17, 15) is 13.2 Å². The quantitative estimate of drug-likeness (QED) is 0.709. The molecule has 0 radical (unpaired) electrons. The highest BCUT2D eigenvalue weighted by molar-refractivity contribution is 9.10. The minimum absolute atomic E-state index is 0.0336. The molecule has 2 aromatic rings. The lowest BCUT2D eigenvalue weighted by atomic mass is 10.2. The molecule has 8 heteroatoms. The van der Waals surface area contributed by atoms with Gasteiger partial charge in [0.15, 0.2) is 6.61 Å². The number of hydrogen-bond donors (Lipinski definition) is 2. The van der Waals surface area contributed by atoms with Gasteiger partial charge < -0.3 is 10.1 Å². The molecular formula is C17H19BrN2O4S. The second-order valence-electron chi connectivity index (χ2n) is 5.37. The SMILES string of the molecule is CCc1ccc(OCC(=O)NCc2ccc(S(N)(=O)=O)cc2)c(Br)c1. The maximum absolute atomic E-state index is 11.9. The molecule has 0 aliphatic carbocycles. The third-order valence-electron chi connectivity index (χ3n) is 3.50. The summed E-state index contributed by atoms with van der Waals surface area (Å²) < 4.78 is 28.7. The van der Waals surface area contributed by atoms with Crippen LogP contribution in [0.5, 0.6) is 5.75 Å². The number of benzene rings is 2. The van der Waals surface area contributed by atoms with Crippen molar-refractivity contribution < 1.29 is 17.9 Å². The normalized spacial score (nSPS) is 11.2. The number of carbonyl (C=O) groups is 1. The van der Waals surface area contributed by atoms with Gasteiger partial charge in [0, 0.05) is 6.54 Å². The van der Waals surface area contributed by atoms with Crippen LogP contribution in [0.2, 0.25) is 0 Å². The highest BCUT2D eigenvalue weighted by Crippen LogP contribution is 2.26. The van der Waals surface area contributed by atoms with E-state index in [-0.39, 0.29) is 24.0 Å². The molecule has 2 rings (SSSR count). The minimum Gasteiger partial charge on any atom is -0.483 e. The number of amides is 1. The van der Waals surface area contributed by atoms with Crippen molar-refractivity contribution in [2.75, 3.05) is 6.61 Å². The lowest BCUT2D eigenvalue weighted by Gasteiger charge is -2.10. The summed E-state index contributed by atoms with van der Waals surface area (Å²) in [5, 5.41) is 7.75. The summed E-state index contributed by atoms with van der Waals surface area (Å²) >= 11 is 3.42. The van der Waals surface area contributed by atoms with Gasteiger partial charge >= 0.3 is 0 Å². The molecule has 0 bridgehead atoms. The van der Waals surface area contributed by atoms with Crippen LogP contribution in [0.3, 0.4) is 0 Å². The van der Waals surface area contributed by atoms with Gasteiger partial charge in [0.1, 0.15) is 5.75 Å². The Morgan fingerprint density at radius 1 is 1.16 bits per heavy atom. The topological polar surface area (TPSA) is 98.5 Å². The molecule has 6 nitrogen and oxygen atoms in total. The van der Waals surface area contributed by atoms with Crippen molar-refractivity contribution in [3.63, 3.8) is 0 Å². The van der Waals surface area contributed by atoms with Crippen molar-refractivity contribution >= 4 is 31.9 Å². The lowest BCUT2D eigenvalue weighted by Crippen LogP contribution is -2.28. The number of ether oxygens (including phenoxy) is 1. The smallest absolute Gasteiger partial charge is 0.258 e. The van der Waals surface area contributed by atoms with E-state index in [1.165, 1.54) is 17.7 Å². The fourth-order valence-electron chi connectivity index (χ4n) is 2.07. The summed E-state index contributed by atoms with van der Waals surface area (Å²) in [4.78, 5) is 11.9. The van der Waals surface area contributed by atoms with Crippen LogP contribution in [0.15, 0.2) is 51.8 Å². The molecule has 134 valence electrons. The van der Waals surface area contributed by atoms with E-state index in [0.29, 0.717) is 5.75 Å². The molecular weight excluding hydrogens is 408 g/mol. The number of nitrogens with one attached hydrogen (secondary N) is 1. The van der Waals surface area contributed by atoms with E-state index in [1.807, 2.05) is 18.2 Å². The zero-order valence-electron chi connectivity index (χ0n) is 13.7. The summed E-state index contributed by atoms with van der Waals surface area (Å²) in [7, 11) is -3.71. The molecule has 0 saturated carbocycles. The lowest BCUT2D eigenvalue weighted by molar-refractivity contribution is -0.123.